The Hall–Kier alpha value is -2.48. The third-order valence-electron chi connectivity index (χ3n) is 3.43. The summed E-state index contributed by atoms with van der Waals surface area (Å²) < 4.78 is 31.3. The number of aromatic nitrogens is 2. The molecule has 0 radical (unpaired) electrons. The number of anilines is 1. The van der Waals surface area contributed by atoms with Crippen molar-refractivity contribution in [1.29, 1.82) is 0 Å². The minimum atomic E-state index is -2.55. The van der Waals surface area contributed by atoms with E-state index in [2.05, 4.69) is 15.7 Å². The maximum absolute atomic E-state index is 12.4. The number of nitrogens with one attached hydrogen (secondary N) is 2. The summed E-state index contributed by atoms with van der Waals surface area (Å²) >= 11 is 0. The summed E-state index contributed by atoms with van der Waals surface area (Å²) in [4.78, 5) is 12.4. The van der Waals surface area contributed by atoms with Crippen molar-refractivity contribution in [1.82, 2.24) is 15.1 Å². The first kappa shape index (κ1) is 17.9. The summed E-state index contributed by atoms with van der Waals surface area (Å²) in [6, 6.07) is 4.35. The van der Waals surface area contributed by atoms with Crippen molar-refractivity contribution in [2.75, 3.05) is 19.0 Å². The van der Waals surface area contributed by atoms with Crippen LogP contribution in [-0.2, 0) is 11.8 Å². The zero-order valence-electron chi connectivity index (χ0n) is 13.7. The number of hydrogen-bond acceptors (Lipinski definition) is 4. The lowest BCUT2D eigenvalue weighted by atomic mass is 10.1. The molecule has 0 aliphatic heterocycles. The van der Waals surface area contributed by atoms with E-state index in [1.165, 1.54) is 6.07 Å². The molecule has 0 aliphatic rings. The van der Waals surface area contributed by atoms with Gasteiger partial charge in [0.1, 0.15) is 18.4 Å². The zero-order chi connectivity index (χ0) is 17.7. The van der Waals surface area contributed by atoms with Crippen molar-refractivity contribution in [2.45, 2.75) is 19.4 Å². The summed E-state index contributed by atoms with van der Waals surface area (Å²) in [5.74, 6) is 0.0321. The monoisotopic (exact) mass is 338 g/mol. The lowest BCUT2D eigenvalue weighted by Crippen LogP contribution is -2.30. The van der Waals surface area contributed by atoms with Crippen molar-refractivity contribution in [3.05, 3.63) is 41.7 Å². The first-order chi connectivity index (χ1) is 11.4. The molecule has 0 saturated heterocycles. The number of ether oxygens (including phenoxy) is 1. The third-order valence-corrected chi connectivity index (χ3v) is 3.43. The van der Waals surface area contributed by atoms with Crippen LogP contribution in [0, 0.1) is 6.92 Å². The van der Waals surface area contributed by atoms with Gasteiger partial charge in [-0.25, -0.2) is 8.78 Å². The van der Waals surface area contributed by atoms with Gasteiger partial charge in [0.25, 0.3) is 6.43 Å². The summed E-state index contributed by atoms with van der Waals surface area (Å²) in [7, 11) is 3.43. The van der Waals surface area contributed by atoms with Gasteiger partial charge in [-0.15, -0.1) is 0 Å². The number of amides is 1. The standard InChI is InChI=1S/C16H20F2N4O2/c1-10-4-5-12(6-13(10)24-9-14(17)18)21-16(23)15(19-2)11-7-20-22(3)8-11/h4-8,14-15,19H,9H2,1-3H3,(H,21,23). The first-order valence-electron chi connectivity index (χ1n) is 7.39. The number of likely N-dealkylation sites (N-methyl/N-ethyl adjacent to an activating group) is 1. The molecular formula is C16H20F2N4O2. The molecule has 0 spiro atoms. The average Bonchev–Trinajstić information content (AvgIpc) is 2.94. The number of alkyl halides is 2. The first-order valence-corrected chi connectivity index (χ1v) is 7.39. The van der Waals surface area contributed by atoms with E-state index in [1.54, 1.807) is 50.2 Å². The highest BCUT2D eigenvalue weighted by molar-refractivity contribution is 5.95. The fourth-order valence-corrected chi connectivity index (χ4v) is 2.24. The Kier molecular flexibility index (Phi) is 5.86. The molecule has 1 aromatic carbocycles. The predicted molar refractivity (Wildman–Crippen MR) is 86.3 cm³/mol. The molecule has 1 unspecified atom stereocenters. The molecule has 0 bridgehead atoms. The Morgan fingerprint density at radius 3 is 2.75 bits per heavy atom. The van der Waals surface area contributed by atoms with Crippen LogP contribution in [0.25, 0.3) is 0 Å². The highest BCUT2D eigenvalue weighted by Gasteiger charge is 2.20. The van der Waals surface area contributed by atoms with Gasteiger partial charge >= 0.3 is 0 Å². The van der Waals surface area contributed by atoms with Crippen LogP contribution in [0.3, 0.4) is 0 Å². The van der Waals surface area contributed by atoms with E-state index < -0.39 is 19.1 Å². The minimum absolute atomic E-state index is 0.283. The molecule has 130 valence electrons. The molecular weight excluding hydrogens is 318 g/mol. The Morgan fingerprint density at radius 2 is 2.17 bits per heavy atom. The van der Waals surface area contributed by atoms with Crippen molar-refractivity contribution in [3.63, 3.8) is 0 Å². The third kappa shape index (κ3) is 4.51. The molecule has 2 aromatic rings. The highest BCUT2D eigenvalue weighted by atomic mass is 19.3. The van der Waals surface area contributed by atoms with Crippen molar-refractivity contribution in [3.8, 4) is 5.75 Å². The van der Waals surface area contributed by atoms with Crippen LogP contribution < -0.4 is 15.4 Å². The Balaban J connectivity index is 2.11. The molecule has 1 aromatic heterocycles. The molecule has 2 N–H and O–H groups in total. The number of rotatable bonds is 7. The Morgan fingerprint density at radius 1 is 1.42 bits per heavy atom. The second kappa shape index (κ2) is 7.87. The van der Waals surface area contributed by atoms with Crippen molar-refractivity contribution >= 4 is 11.6 Å². The van der Waals surface area contributed by atoms with Gasteiger partial charge in [-0.05, 0) is 25.6 Å². The van der Waals surface area contributed by atoms with Gasteiger partial charge in [-0.1, -0.05) is 6.07 Å². The number of nitrogens with zero attached hydrogens (tertiary/aromatic N) is 2. The van der Waals surface area contributed by atoms with Crippen LogP contribution in [0.2, 0.25) is 0 Å². The molecule has 1 atom stereocenters. The van der Waals surface area contributed by atoms with Gasteiger partial charge in [-0.2, -0.15) is 5.10 Å². The van der Waals surface area contributed by atoms with E-state index in [0.717, 1.165) is 5.56 Å². The molecule has 1 heterocycles. The average molecular weight is 338 g/mol. The van der Waals surface area contributed by atoms with Gasteiger partial charge in [0.2, 0.25) is 5.91 Å². The maximum Gasteiger partial charge on any atom is 0.272 e. The molecule has 0 aliphatic carbocycles. The topological polar surface area (TPSA) is 68.2 Å². The fourth-order valence-electron chi connectivity index (χ4n) is 2.24. The number of carbonyl (C=O) groups excluding carboxylic acids is 1. The number of benzene rings is 1. The smallest absolute Gasteiger partial charge is 0.272 e. The lowest BCUT2D eigenvalue weighted by molar-refractivity contribution is -0.118. The lowest BCUT2D eigenvalue weighted by Gasteiger charge is -2.16. The van der Waals surface area contributed by atoms with E-state index >= 15 is 0 Å². The van der Waals surface area contributed by atoms with Crippen LogP contribution in [0.5, 0.6) is 5.75 Å². The van der Waals surface area contributed by atoms with Crippen LogP contribution in [0.1, 0.15) is 17.2 Å². The van der Waals surface area contributed by atoms with E-state index in [4.69, 9.17) is 4.74 Å². The summed E-state index contributed by atoms with van der Waals surface area (Å²) in [6.07, 6.45) is 0.794. The van der Waals surface area contributed by atoms with E-state index in [9.17, 15) is 13.6 Å². The fraction of sp³-hybridized carbons (Fsp3) is 0.375. The van der Waals surface area contributed by atoms with Gasteiger partial charge in [0, 0.05) is 30.6 Å². The largest absolute Gasteiger partial charge is 0.487 e. The van der Waals surface area contributed by atoms with E-state index in [0.29, 0.717) is 17.0 Å². The van der Waals surface area contributed by atoms with Crippen LogP contribution in [0.15, 0.2) is 30.6 Å². The molecule has 0 saturated carbocycles. The number of hydrogen-bond donors (Lipinski definition) is 2. The second-order valence-electron chi connectivity index (χ2n) is 5.34. The number of halogens is 2. The number of carbonyl (C=O) groups is 1. The SMILES string of the molecule is CNC(C(=O)Nc1ccc(C)c(OCC(F)F)c1)c1cnn(C)c1. The van der Waals surface area contributed by atoms with Gasteiger partial charge in [-0.3, -0.25) is 9.48 Å². The maximum atomic E-state index is 12.4. The van der Waals surface area contributed by atoms with Gasteiger partial charge in [0.15, 0.2) is 0 Å². The molecule has 6 nitrogen and oxygen atoms in total. The normalized spacial score (nSPS) is 12.2. The molecule has 24 heavy (non-hydrogen) atoms. The molecule has 8 heteroatoms. The predicted octanol–water partition coefficient (Wildman–Crippen LogP) is 2.27. The van der Waals surface area contributed by atoms with Crippen LogP contribution in [0.4, 0.5) is 14.5 Å². The van der Waals surface area contributed by atoms with Gasteiger partial charge in [0.05, 0.1) is 6.20 Å². The van der Waals surface area contributed by atoms with E-state index in [-0.39, 0.29) is 5.91 Å². The Bertz CT molecular complexity index is 703. The van der Waals surface area contributed by atoms with Crippen molar-refractivity contribution < 1.29 is 18.3 Å². The van der Waals surface area contributed by atoms with Crippen LogP contribution in [-0.4, -0.2) is 35.8 Å². The second-order valence-corrected chi connectivity index (χ2v) is 5.34. The summed E-state index contributed by atoms with van der Waals surface area (Å²) in [5.41, 5.74) is 1.91. The van der Waals surface area contributed by atoms with Crippen molar-refractivity contribution in [2.24, 2.45) is 7.05 Å². The quantitative estimate of drug-likeness (QED) is 0.813. The Labute approximate surface area is 138 Å². The molecule has 1 amide bonds. The minimum Gasteiger partial charge on any atom is -0.487 e. The number of aryl methyl sites for hydroxylation is 2. The molecule has 2 rings (SSSR count). The van der Waals surface area contributed by atoms with E-state index in [1.807, 2.05) is 0 Å². The zero-order valence-corrected chi connectivity index (χ0v) is 13.7. The molecule has 0 fully saturated rings. The van der Waals surface area contributed by atoms with Crippen LogP contribution >= 0.6 is 0 Å². The van der Waals surface area contributed by atoms with Gasteiger partial charge < -0.3 is 15.4 Å². The highest BCUT2D eigenvalue weighted by Crippen LogP contribution is 2.24. The summed E-state index contributed by atoms with van der Waals surface area (Å²) in [5, 5.41) is 9.72. The summed E-state index contributed by atoms with van der Waals surface area (Å²) in [6.45, 7) is 1.06.